The number of aliphatic hydroxyl groups is 5. The molecule has 1 heterocycles. The minimum atomic E-state index is -1.61. The van der Waals surface area contributed by atoms with Gasteiger partial charge in [0.2, 0.25) is 5.91 Å². The molecule has 1 aliphatic rings. The summed E-state index contributed by atoms with van der Waals surface area (Å²) >= 11 is 0. The molecule has 11 heteroatoms. The largest absolute Gasteiger partial charge is 0.454 e. The van der Waals surface area contributed by atoms with Crippen LogP contribution in [0.25, 0.3) is 0 Å². The monoisotopic (exact) mass is 1130 g/mol. The fourth-order valence-electron chi connectivity index (χ4n) is 10.6. The van der Waals surface area contributed by atoms with Gasteiger partial charge in [-0.05, 0) is 64.2 Å². The average molecular weight is 1130 g/mol. The van der Waals surface area contributed by atoms with E-state index in [-0.39, 0.29) is 19.4 Å². The number of allylic oxidation sites excluding steroid dienone is 7. The maximum Gasteiger partial charge on any atom is 0.306 e. The lowest BCUT2D eigenvalue weighted by molar-refractivity contribution is -0.305. The van der Waals surface area contributed by atoms with Crippen LogP contribution in [0.5, 0.6) is 0 Å². The van der Waals surface area contributed by atoms with Crippen LogP contribution in [-0.4, -0.2) is 99.6 Å². The summed E-state index contributed by atoms with van der Waals surface area (Å²) in [5, 5.41) is 57.1. The quantitative estimate of drug-likeness (QED) is 0.0195. The lowest BCUT2D eigenvalue weighted by Gasteiger charge is -2.41. The number of amides is 1. The van der Waals surface area contributed by atoms with E-state index < -0.39 is 67.4 Å². The van der Waals surface area contributed by atoms with E-state index in [4.69, 9.17) is 14.2 Å². The zero-order valence-corrected chi connectivity index (χ0v) is 52.0. The Bertz CT molecular complexity index is 1490. The maximum absolute atomic E-state index is 13.4. The molecule has 8 unspecified atom stereocenters. The summed E-state index contributed by atoms with van der Waals surface area (Å²) in [5.74, 6) is -1.20. The molecular weight excluding hydrogens is 1000 g/mol. The Morgan fingerprint density at radius 3 is 1.31 bits per heavy atom. The van der Waals surface area contributed by atoms with Crippen molar-refractivity contribution in [3.63, 3.8) is 0 Å². The van der Waals surface area contributed by atoms with Gasteiger partial charge in [0.15, 0.2) is 12.4 Å². The van der Waals surface area contributed by atoms with Gasteiger partial charge in [-0.3, -0.25) is 9.59 Å². The number of carbonyl (C=O) groups excluding carboxylic acids is 2. The van der Waals surface area contributed by atoms with Gasteiger partial charge in [-0.15, -0.1) is 0 Å². The standard InChI is InChI=1S/C69H127NO10/c1-4-7-10-13-16-19-22-25-27-29-31-32-33-35-37-39-42-45-48-51-54-57-64(74)80-67-66(76)65(75)63(58-71)79-69(67)78-59-60(61(72)55-52-49-46-43-40-24-21-18-15-12-9-6-3)70-68(77)62(73)56-53-50-47-44-41-38-36-34-30-28-26-23-20-17-14-11-8-5-2/h17,20,26,28,34,36,52,55,60-63,65-67,69,71-73,75-76H,4-16,18-19,21-25,27,29-33,35,37-51,53-54,56-59H2,1-3H3,(H,70,77)/b20-17-,28-26-,36-34-,55-52+. The summed E-state index contributed by atoms with van der Waals surface area (Å²) in [6.45, 7) is 5.79. The molecule has 0 aromatic rings. The molecule has 1 saturated heterocycles. The summed E-state index contributed by atoms with van der Waals surface area (Å²) in [6, 6.07) is -1.03. The van der Waals surface area contributed by atoms with Gasteiger partial charge in [0.25, 0.3) is 0 Å². The third-order valence-electron chi connectivity index (χ3n) is 16.0. The molecule has 11 nitrogen and oxygen atoms in total. The van der Waals surface area contributed by atoms with Crippen molar-refractivity contribution in [2.24, 2.45) is 0 Å². The first-order valence-corrected chi connectivity index (χ1v) is 33.9. The number of hydrogen-bond donors (Lipinski definition) is 6. The zero-order chi connectivity index (χ0) is 58.2. The molecular formula is C69H127NO10. The topological polar surface area (TPSA) is 175 Å². The highest BCUT2D eigenvalue weighted by atomic mass is 16.7. The Morgan fingerprint density at radius 2 is 0.863 bits per heavy atom. The molecule has 0 aliphatic carbocycles. The molecule has 8 atom stereocenters. The predicted octanol–water partition coefficient (Wildman–Crippen LogP) is 16.8. The molecule has 6 N–H and O–H groups in total. The third kappa shape index (κ3) is 44.2. The average Bonchev–Trinajstić information content (AvgIpc) is 3.45. The highest BCUT2D eigenvalue weighted by molar-refractivity contribution is 5.80. The number of carbonyl (C=O) groups is 2. The number of hydrogen-bond acceptors (Lipinski definition) is 10. The van der Waals surface area contributed by atoms with Crippen LogP contribution in [0, 0.1) is 0 Å². The van der Waals surface area contributed by atoms with Crippen molar-refractivity contribution in [1.82, 2.24) is 5.32 Å². The number of rotatable bonds is 58. The fraction of sp³-hybridized carbons (Fsp3) is 0.855. The van der Waals surface area contributed by atoms with Gasteiger partial charge in [0, 0.05) is 6.42 Å². The summed E-state index contributed by atoms with van der Waals surface area (Å²) in [5.41, 5.74) is 0. The van der Waals surface area contributed by atoms with Gasteiger partial charge in [-0.25, -0.2) is 0 Å². The molecule has 1 rings (SSSR count). The lowest BCUT2D eigenvalue weighted by atomic mass is 9.99. The van der Waals surface area contributed by atoms with Crippen molar-refractivity contribution in [3.05, 3.63) is 48.6 Å². The third-order valence-corrected chi connectivity index (χ3v) is 16.0. The second-order valence-corrected chi connectivity index (χ2v) is 23.6. The molecule has 0 spiro atoms. The van der Waals surface area contributed by atoms with Crippen LogP contribution in [0.2, 0.25) is 0 Å². The highest BCUT2D eigenvalue weighted by Gasteiger charge is 2.47. The second kappa shape index (κ2) is 57.1. The molecule has 1 amide bonds. The van der Waals surface area contributed by atoms with Crippen LogP contribution < -0.4 is 5.32 Å². The van der Waals surface area contributed by atoms with Crippen LogP contribution in [0.3, 0.4) is 0 Å². The molecule has 0 saturated carbocycles. The van der Waals surface area contributed by atoms with Crippen LogP contribution in [0.4, 0.5) is 0 Å². The molecule has 0 radical (unpaired) electrons. The van der Waals surface area contributed by atoms with E-state index in [0.717, 1.165) is 83.5 Å². The van der Waals surface area contributed by atoms with Crippen molar-refractivity contribution < 1.29 is 49.3 Å². The molecule has 1 fully saturated rings. The van der Waals surface area contributed by atoms with E-state index >= 15 is 0 Å². The van der Waals surface area contributed by atoms with E-state index in [0.29, 0.717) is 12.8 Å². The Morgan fingerprint density at radius 1 is 0.487 bits per heavy atom. The normalized spacial score (nSPS) is 19.0. The first-order chi connectivity index (χ1) is 39.2. The smallest absolute Gasteiger partial charge is 0.306 e. The van der Waals surface area contributed by atoms with Crippen molar-refractivity contribution in [1.29, 1.82) is 0 Å². The minimum absolute atomic E-state index is 0.126. The number of aliphatic hydroxyl groups excluding tert-OH is 5. The van der Waals surface area contributed by atoms with Gasteiger partial charge < -0.3 is 45.1 Å². The van der Waals surface area contributed by atoms with E-state index in [1.807, 2.05) is 6.08 Å². The van der Waals surface area contributed by atoms with Crippen LogP contribution in [0.15, 0.2) is 48.6 Å². The zero-order valence-electron chi connectivity index (χ0n) is 52.0. The van der Waals surface area contributed by atoms with E-state index in [1.54, 1.807) is 6.08 Å². The Kier molecular flexibility index (Phi) is 54.0. The molecule has 0 bridgehead atoms. The first-order valence-electron chi connectivity index (χ1n) is 33.9. The van der Waals surface area contributed by atoms with Crippen LogP contribution in [-0.2, 0) is 23.8 Å². The predicted molar refractivity (Wildman–Crippen MR) is 334 cm³/mol. The number of esters is 1. The maximum atomic E-state index is 13.4. The molecule has 1 aliphatic heterocycles. The lowest BCUT2D eigenvalue weighted by Crippen LogP contribution is -2.61. The fourth-order valence-corrected chi connectivity index (χ4v) is 10.6. The summed E-state index contributed by atoms with van der Waals surface area (Å²) in [7, 11) is 0. The van der Waals surface area contributed by atoms with E-state index in [1.165, 1.54) is 186 Å². The Balaban J connectivity index is 2.62. The molecule has 468 valence electrons. The van der Waals surface area contributed by atoms with Crippen molar-refractivity contribution >= 4 is 11.9 Å². The highest BCUT2D eigenvalue weighted by Crippen LogP contribution is 2.26. The summed E-state index contributed by atoms with van der Waals surface area (Å²) in [6.07, 6.45) is 60.0. The minimum Gasteiger partial charge on any atom is -0.454 e. The summed E-state index contributed by atoms with van der Waals surface area (Å²) < 4.78 is 17.7. The van der Waals surface area contributed by atoms with Gasteiger partial charge in [-0.2, -0.15) is 0 Å². The van der Waals surface area contributed by atoms with Crippen molar-refractivity contribution in [2.45, 2.75) is 365 Å². The second-order valence-electron chi connectivity index (χ2n) is 23.6. The van der Waals surface area contributed by atoms with Gasteiger partial charge in [0.05, 0.1) is 25.4 Å². The van der Waals surface area contributed by atoms with Crippen molar-refractivity contribution in [2.75, 3.05) is 13.2 Å². The van der Waals surface area contributed by atoms with E-state index in [2.05, 4.69) is 62.5 Å². The summed E-state index contributed by atoms with van der Waals surface area (Å²) in [4.78, 5) is 26.6. The van der Waals surface area contributed by atoms with Gasteiger partial charge in [0.1, 0.15) is 24.4 Å². The Hall–Kier alpha value is -2.38. The first kappa shape index (κ1) is 75.6. The molecule has 0 aromatic heterocycles. The van der Waals surface area contributed by atoms with Gasteiger partial charge in [-0.1, -0.05) is 294 Å². The van der Waals surface area contributed by atoms with Crippen molar-refractivity contribution in [3.8, 4) is 0 Å². The van der Waals surface area contributed by atoms with Crippen LogP contribution in [0.1, 0.15) is 316 Å². The van der Waals surface area contributed by atoms with Gasteiger partial charge >= 0.3 is 5.97 Å². The number of ether oxygens (including phenoxy) is 3. The number of nitrogens with one attached hydrogen (secondary N) is 1. The number of unbranched alkanes of at least 4 members (excludes halogenated alkanes) is 38. The SMILES string of the molecule is CCCCC/C=C\C/C=C\C/C=C\CCCCCCCC(O)C(=O)NC(COC1OC(CO)C(O)C(O)C1OC(=O)CCCCCCCCCCCCCCCCCCCCCCC)C(O)/C=C/CCCCCCCCCCCC. The molecule has 0 aromatic carbocycles. The van der Waals surface area contributed by atoms with Crippen LogP contribution >= 0.6 is 0 Å². The Labute approximate surface area is 491 Å². The van der Waals surface area contributed by atoms with E-state index in [9.17, 15) is 35.1 Å². The molecule has 80 heavy (non-hydrogen) atoms.